The molecule has 0 aliphatic carbocycles. The summed E-state index contributed by atoms with van der Waals surface area (Å²) < 4.78 is 0. The zero-order valence-corrected chi connectivity index (χ0v) is 80.7. The average molecular weight is 1920 g/mol. The third kappa shape index (κ3) is 37.7. The van der Waals surface area contributed by atoms with E-state index in [1.54, 1.807) is 88.5 Å². The number of aromatic hydroxyl groups is 1. The summed E-state index contributed by atoms with van der Waals surface area (Å²) >= 11 is 0. The zero-order valence-electron chi connectivity index (χ0n) is 80.7. The minimum atomic E-state index is -2.15. The Morgan fingerprint density at radius 3 is 1.65 bits per heavy atom. The number of aromatic amines is 1. The van der Waals surface area contributed by atoms with Gasteiger partial charge in [0.2, 0.25) is 112 Å². The van der Waals surface area contributed by atoms with E-state index in [0.717, 1.165) is 0 Å². The van der Waals surface area contributed by atoms with Crippen LogP contribution in [0.2, 0.25) is 0 Å². The van der Waals surface area contributed by atoms with Crippen molar-refractivity contribution in [2.45, 2.75) is 308 Å². The molecule has 1 aliphatic heterocycles. The molecule has 15 amide bonds. The first kappa shape index (κ1) is 115. The number of aliphatic hydroxyl groups excluding tert-OH is 1. The van der Waals surface area contributed by atoms with Gasteiger partial charge in [0.05, 0.1) is 42.2 Å². The maximum Gasteiger partial charge on any atom is 0.303 e. The summed E-state index contributed by atoms with van der Waals surface area (Å²) in [5.74, 6) is -10.3. The van der Waals surface area contributed by atoms with Crippen LogP contribution < -0.4 is 96.8 Å². The Morgan fingerprint density at radius 2 is 1.07 bits per heavy atom. The summed E-state index contributed by atoms with van der Waals surface area (Å²) in [5.41, 5.74) is 13.6. The van der Waals surface area contributed by atoms with Gasteiger partial charge < -0.3 is 106 Å². The van der Waals surface area contributed by atoms with Crippen molar-refractivity contribution < 1.29 is 111 Å². The van der Waals surface area contributed by atoms with Crippen LogP contribution in [0.15, 0.2) is 85.1 Å². The number of rotatable bonds is 39. The Kier molecular flexibility index (Phi) is 46.0. The number of nitrogens with two attached hydrogens (primary N) is 2. The molecule has 3 aromatic carbocycles. The second-order valence-electron chi connectivity index (χ2n) is 36.2. The fourth-order valence-corrected chi connectivity index (χ4v) is 14.7. The average Bonchev–Trinajstić information content (AvgIpc) is 1.72. The van der Waals surface area contributed by atoms with Crippen molar-refractivity contribution in [3.63, 3.8) is 0 Å². The molecule has 0 saturated heterocycles. The molecule has 1 aromatic heterocycles. The number of H-pyrrole nitrogens is 1. The van der Waals surface area contributed by atoms with Gasteiger partial charge in [-0.25, -0.2) is 10.9 Å². The predicted octanol–water partition coefficient (Wildman–Crippen LogP) is -1.33. The molecule has 42 nitrogen and oxygen atoms in total. The topological polar surface area (TPSA) is 662 Å². The molecule has 0 bridgehead atoms. The molecule has 0 saturated carbocycles. The van der Waals surface area contributed by atoms with Crippen LogP contribution in [0, 0.1) is 41.4 Å². The number of nitrogens with one attached hydrogen (secondary N) is 17. The first-order valence-corrected chi connectivity index (χ1v) is 46.0. The van der Waals surface area contributed by atoms with Crippen molar-refractivity contribution >= 4 is 129 Å². The Morgan fingerprint density at radius 1 is 0.522 bits per heavy atom. The number of carboxylic acid groups (broad SMARTS) is 1. The van der Waals surface area contributed by atoms with Gasteiger partial charge in [0.25, 0.3) is 0 Å². The number of Topliss-reactive ketones (excluding diaryl/α,β-unsaturated/α-hetero) is 4. The SMILES string of the molecule is CC(=O)N[C@@H](CC(C)C)C(=O)N[C@H](C(=O)N[C@@H](Cc1ccccc1)C(=O)N[C@@]1(C)CCCCC#CC#CCCC[C@@](C)(C(=O)NC(C)C(=O)N[C@@H](C)C(=O)NC(C)C(=O)N[C@@H](C)C(=O)C(=O)[C@H](C)NN[C@H](C)C(N)=O)NC(=O)[C@H](CC(C)C)CN[C@@H](CCC(N)=O)C(=O)C(=O)C(C)NC(=O)[C@H](Cc2c[nH]c3ccccc23)NC(=O)C(Cc2ccc(O)cc2)NC(=O)[C@H](CCC(=O)O)NC1=O)[C@@H](C)O. The lowest BCUT2D eigenvalue weighted by atomic mass is 9.89. The number of aliphatic hydroxyl groups is 1. The summed E-state index contributed by atoms with van der Waals surface area (Å²) in [6.45, 7) is 20.7. The summed E-state index contributed by atoms with van der Waals surface area (Å²) in [6.07, 6.45) is -3.43. The van der Waals surface area contributed by atoms with Crippen LogP contribution in [0.1, 0.15) is 204 Å². The van der Waals surface area contributed by atoms with E-state index in [2.05, 4.69) is 114 Å². The van der Waals surface area contributed by atoms with Gasteiger partial charge in [-0.1, -0.05) is 100 Å². The molecule has 752 valence electrons. The number of carbonyl (C=O) groups excluding carboxylic acids is 19. The third-order valence-electron chi connectivity index (χ3n) is 22.9. The van der Waals surface area contributed by atoms with Crippen molar-refractivity contribution in [2.24, 2.45) is 29.2 Å². The number of hydrogen-bond acceptors (Lipinski definition) is 25. The number of fused-ring (bicyclic) bond motifs is 1. The van der Waals surface area contributed by atoms with E-state index in [-0.39, 0.29) is 88.2 Å². The Bertz CT molecular complexity index is 5160. The van der Waals surface area contributed by atoms with E-state index in [1.165, 1.54) is 100 Å². The van der Waals surface area contributed by atoms with E-state index in [1.807, 2.05) is 0 Å². The lowest BCUT2D eigenvalue weighted by Gasteiger charge is -2.34. The summed E-state index contributed by atoms with van der Waals surface area (Å²) in [6, 6.07) is -0.370. The molecule has 18 atom stereocenters. The normalized spacial score (nSPS) is 21.4. The number of phenols is 1. The maximum absolute atomic E-state index is 15.5. The van der Waals surface area contributed by atoms with Crippen LogP contribution in [0.4, 0.5) is 0 Å². The second-order valence-corrected chi connectivity index (χ2v) is 36.2. The van der Waals surface area contributed by atoms with Gasteiger partial charge in [-0.2, -0.15) is 0 Å². The van der Waals surface area contributed by atoms with E-state index < -0.39 is 264 Å². The number of aliphatic carboxylic acids is 1. The van der Waals surface area contributed by atoms with Crippen molar-refractivity contribution in [3.05, 3.63) is 102 Å². The number of ketones is 4. The van der Waals surface area contributed by atoms with Gasteiger partial charge >= 0.3 is 5.97 Å². The first-order valence-electron chi connectivity index (χ1n) is 46.0. The minimum Gasteiger partial charge on any atom is -0.508 e. The lowest BCUT2D eigenvalue weighted by molar-refractivity contribution is -0.140. The molecule has 2 heterocycles. The molecule has 4 unspecified atom stereocenters. The number of carboxylic acids is 1. The highest BCUT2D eigenvalue weighted by atomic mass is 16.4. The molecule has 24 N–H and O–H groups in total. The van der Waals surface area contributed by atoms with Gasteiger partial charge in [-0.3, -0.25) is 95.9 Å². The standard InChI is InChI=1S/C96H135N19O23/c1-51(2)44-65-50-100-69(38-40-75(97)119)81(125)79(123)54(6)102-88(132)74(48-64-49-99-68-33-27-26-32-67(64)68)108-89(133)72(47-63-34-36-66(118)37-35-63)107-87(131)70(39-41-76(120)121)110-94(138)96(15,113-91(135)73(46-62-30-24-23-25-31-62)109-92(136)77(60(12)116)111-90(134)71(45-52(3)4)106-61(13)117)43-29-22-20-18-16-17-19-21-28-42-95(14,112-86(65)130)93(137)105-59(11)85(129)104-58(10)84(128)103-57(9)83(127)101-53(5)78(122)80(124)55(7)114-115-56(8)82(98)126/h23-27,30-37,49,51-60,65,69-74,77,99-100,114-116,118H,20-22,28-29,38-48,50H2,1-15H3,(H2,97,119)(H2,98,126)(H,101,127)(H,102,132)(H,103,128)(H,104,129)(H,105,137)(H,106,117)(H,107,131)(H,108,133)(H,109,136)(H,110,138)(H,111,134)(H,112,130)(H,113,135)(H,120,121)/t53-,54?,55-,56+,57?,58-,59?,60+,65+,69-,70-,71-,72?,73-,74-,77-,95-,96-/m0/s1. The van der Waals surface area contributed by atoms with Gasteiger partial charge in [0.15, 0.2) is 0 Å². The molecule has 0 spiro atoms. The highest BCUT2D eigenvalue weighted by molar-refractivity contribution is 6.41. The number of aromatic nitrogens is 1. The van der Waals surface area contributed by atoms with Crippen LogP contribution in [0.5, 0.6) is 5.75 Å². The fourth-order valence-electron chi connectivity index (χ4n) is 14.7. The quantitative estimate of drug-likeness (QED) is 0.0140. The zero-order chi connectivity index (χ0) is 103. The monoisotopic (exact) mass is 1920 g/mol. The Balaban J connectivity index is 1.61. The summed E-state index contributed by atoms with van der Waals surface area (Å²) in [4.78, 5) is 283. The largest absolute Gasteiger partial charge is 0.508 e. The smallest absolute Gasteiger partial charge is 0.303 e. The van der Waals surface area contributed by atoms with Crippen LogP contribution in [-0.4, -0.2) is 246 Å². The number of amides is 15. The van der Waals surface area contributed by atoms with Gasteiger partial charge in [0, 0.05) is 75.5 Å². The highest BCUT2D eigenvalue weighted by Gasteiger charge is 2.44. The number of benzene rings is 3. The van der Waals surface area contributed by atoms with Crippen LogP contribution in [-0.2, 0) is 115 Å². The minimum absolute atomic E-state index is 0.0214. The molecule has 5 rings (SSSR count). The number of phenolic OH excluding ortho intramolecular Hbond substituents is 1. The molecular formula is C96H135N19O23. The Hall–Kier alpha value is -13.8. The molecule has 0 radical (unpaired) electrons. The third-order valence-corrected chi connectivity index (χ3v) is 22.9. The maximum atomic E-state index is 15.5. The van der Waals surface area contributed by atoms with E-state index in [0.29, 0.717) is 27.6 Å². The van der Waals surface area contributed by atoms with Crippen molar-refractivity contribution in [3.8, 4) is 29.4 Å². The van der Waals surface area contributed by atoms with Crippen LogP contribution >= 0.6 is 0 Å². The van der Waals surface area contributed by atoms with Crippen molar-refractivity contribution in [1.29, 1.82) is 0 Å². The second kappa shape index (κ2) is 55.4. The summed E-state index contributed by atoms with van der Waals surface area (Å²) in [7, 11) is 0. The predicted molar refractivity (Wildman–Crippen MR) is 506 cm³/mol. The number of carbonyl (C=O) groups is 20. The number of para-hydroxylation sites is 1. The highest BCUT2D eigenvalue weighted by Crippen LogP contribution is 2.25. The van der Waals surface area contributed by atoms with Gasteiger partial charge in [-0.05, 0) is 186 Å². The van der Waals surface area contributed by atoms with Crippen molar-refractivity contribution in [2.75, 3.05) is 6.54 Å². The summed E-state index contributed by atoms with van der Waals surface area (Å²) in [5, 5.41) is 68.7. The van der Waals surface area contributed by atoms with E-state index >= 15 is 28.8 Å². The van der Waals surface area contributed by atoms with Gasteiger partial charge in [-0.15, -0.1) is 0 Å². The molecule has 138 heavy (non-hydrogen) atoms. The molecule has 42 heteroatoms. The Labute approximate surface area is 801 Å². The molecule has 0 fully saturated rings. The van der Waals surface area contributed by atoms with Crippen molar-refractivity contribution in [1.82, 2.24) is 90.3 Å². The van der Waals surface area contributed by atoms with Gasteiger partial charge in [0.1, 0.15) is 71.2 Å². The van der Waals surface area contributed by atoms with Crippen LogP contribution in [0.3, 0.4) is 0 Å². The van der Waals surface area contributed by atoms with E-state index in [4.69, 9.17) is 11.5 Å². The molecule has 4 aromatic rings. The molecular weight excluding hydrogens is 1790 g/mol. The fraction of sp³-hybridized carbons (Fsp3) is 0.542. The lowest BCUT2D eigenvalue weighted by Crippen LogP contribution is -2.65. The number of hydrazine groups is 1. The number of primary amides is 2. The van der Waals surface area contributed by atoms with E-state index in [9.17, 15) is 82.4 Å². The first-order chi connectivity index (χ1) is 64.8. The number of hydrogen-bond donors (Lipinski definition) is 22. The van der Waals surface area contributed by atoms with Crippen LogP contribution in [0.25, 0.3) is 10.9 Å². The molecule has 1 aliphatic rings.